The summed E-state index contributed by atoms with van der Waals surface area (Å²) in [5, 5.41) is 6.43. The molecule has 0 aliphatic carbocycles. The number of nitrogen functional groups attached to an aromatic ring is 1. The van der Waals surface area contributed by atoms with Crippen molar-refractivity contribution in [2.24, 2.45) is 0 Å². The van der Waals surface area contributed by atoms with Crippen LogP contribution in [0, 0.1) is 12.7 Å². The maximum atomic E-state index is 14.8. The molecule has 9 nitrogen and oxygen atoms in total. The van der Waals surface area contributed by atoms with Crippen molar-refractivity contribution >= 4 is 23.1 Å². The van der Waals surface area contributed by atoms with E-state index in [1.54, 1.807) is 0 Å². The van der Waals surface area contributed by atoms with Crippen LogP contribution in [0.3, 0.4) is 0 Å². The second kappa shape index (κ2) is 9.60. The SMILES string of the molecule is Cc1ncc(-c2cc(C(F)(F)F)c3c(N)ncnn23)cc1C(=O)NC1CN(C(=O)c2ccc(F)cc2)C[C@@H]1F. The van der Waals surface area contributed by atoms with Gasteiger partial charge in [-0.05, 0) is 43.3 Å². The Labute approximate surface area is 217 Å². The van der Waals surface area contributed by atoms with Gasteiger partial charge < -0.3 is 16.0 Å². The molecule has 14 heteroatoms. The van der Waals surface area contributed by atoms with E-state index >= 15 is 0 Å². The van der Waals surface area contributed by atoms with Crippen LogP contribution < -0.4 is 11.1 Å². The van der Waals surface area contributed by atoms with Gasteiger partial charge in [0.05, 0.1) is 35.1 Å². The standard InChI is InChI=1S/C25H20F5N7O2/c1-12-16(23(38)35-19-10-36(9-18(19)27)24(39)13-2-4-15(26)5-3-13)6-14(8-32-12)20-7-17(25(28,29)30)21-22(31)33-11-34-37(20)21/h2-8,11,18-19H,9-10H2,1H3,(H,35,38)(H2,31,33,34)/t18-,19?/m0/s1. The van der Waals surface area contributed by atoms with Crippen molar-refractivity contribution in [3.8, 4) is 11.3 Å². The lowest BCUT2D eigenvalue weighted by Gasteiger charge is -2.17. The Morgan fingerprint density at radius 1 is 1.10 bits per heavy atom. The molecule has 4 aromatic rings. The second-order valence-electron chi connectivity index (χ2n) is 9.02. The first-order valence-electron chi connectivity index (χ1n) is 11.6. The predicted molar refractivity (Wildman–Crippen MR) is 129 cm³/mol. The van der Waals surface area contributed by atoms with Gasteiger partial charge in [0.15, 0.2) is 5.82 Å². The van der Waals surface area contributed by atoms with Gasteiger partial charge in [-0.3, -0.25) is 14.6 Å². The number of nitrogens with two attached hydrogens (primary N) is 1. The number of alkyl halides is 4. The molecular formula is C25H20F5N7O2. The average molecular weight is 545 g/mol. The Morgan fingerprint density at radius 3 is 2.51 bits per heavy atom. The van der Waals surface area contributed by atoms with Crippen LogP contribution >= 0.6 is 0 Å². The summed E-state index contributed by atoms with van der Waals surface area (Å²) in [5.74, 6) is -2.14. The third-order valence-corrected chi connectivity index (χ3v) is 6.46. The molecule has 1 fully saturated rings. The number of hydrogen-bond donors (Lipinski definition) is 2. The van der Waals surface area contributed by atoms with E-state index in [0.29, 0.717) is 0 Å². The van der Waals surface area contributed by atoms with Crippen molar-refractivity contribution in [3.05, 3.63) is 77.1 Å². The number of amides is 2. The highest BCUT2D eigenvalue weighted by Gasteiger charge is 2.38. The molecule has 1 unspecified atom stereocenters. The first kappa shape index (κ1) is 26.0. The van der Waals surface area contributed by atoms with Gasteiger partial charge in [-0.15, -0.1) is 0 Å². The highest BCUT2D eigenvalue weighted by molar-refractivity contribution is 5.97. The van der Waals surface area contributed by atoms with Crippen LogP contribution in [-0.4, -0.2) is 61.6 Å². The quantitative estimate of drug-likeness (QED) is 0.380. The molecule has 1 aromatic carbocycles. The van der Waals surface area contributed by atoms with Crippen molar-refractivity contribution in [2.45, 2.75) is 25.3 Å². The van der Waals surface area contributed by atoms with Crippen molar-refractivity contribution in [1.29, 1.82) is 0 Å². The Balaban J connectivity index is 1.40. The van der Waals surface area contributed by atoms with E-state index < -0.39 is 47.1 Å². The van der Waals surface area contributed by atoms with E-state index in [0.717, 1.165) is 29.0 Å². The van der Waals surface area contributed by atoms with Crippen molar-refractivity contribution in [2.75, 3.05) is 18.8 Å². The molecule has 0 spiro atoms. The molecule has 4 heterocycles. The number of carbonyl (C=O) groups excluding carboxylic acids is 2. The monoisotopic (exact) mass is 545 g/mol. The topological polar surface area (TPSA) is 119 Å². The minimum Gasteiger partial charge on any atom is -0.382 e. The minimum atomic E-state index is -4.75. The average Bonchev–Trinajstić information content (AvgIpc) is 3.46. The Morgan fingerprint density at radius 2 is 1.82 bits per heavy atom. The lowest BCUT2D eigenvalue weighted by atomic mass is 10.1. The number of likely N-dealkylation sites (tertiary alicyclic amines) is 1. The summed E-state index contributed by atoms with van der Waals surface area (Å²) < 4.78 is 70.0. The highest BCUT2D eigenvalue weighted by atomic mass is 19.4. The molecule has 0 saturated carbocycles. The highest BCUT2D eigenvalue weighted by Crippen LogP contribution is 2.38. The molecule has 1 saturated heterocycles. The van der Waals surface area contributed by atoms with Crippen molar-refractivity contribution in [1.82, 2.24) is 29.8 Å². The number of hydrogen-bond acceptors (Lipinski definition) is 6. The molecule has 2 atom stereocenters. The van der Waals surface area contributed by atoms with Crippen LogP contribution in [0.15, 0.2) is 48.9 Å². The minimum absolute atomic E-state index is 0.00597. The van der Waals surface area contributed by atoms with Crippen LogP contribution in [0.1, 0.15) is 32.0 Å². The van der Waals surface area contributed by atoms with Gasteiger partial charge in [-0.2, -0.15) is 18.3 Å². The molecule has 5 rings (SSSR count). The molecule has 0 bridgehead atoms. The molecule has 1 aliphatic rings. The molecule has 0 radical (unpaired) electrons. The number of carbonyl (C=O) groups is 2. The fourth-order valence-electron chi connectivity index (χ4n) is 4.48. The first-order chi connectivity index (χ1) is 18.4. The maximum absolute atomic E-state index is 14.8. The summed E-state index contributed by atoms with van der Waals surface area (Å²) in [7, 11) is 0. The molecule has 3 N–H and O–H groups in total. The zero-order valence-electron chi connectivity index (χ0n) is 20.2. The van der Waals surface area contributed by atoms with E-state index in [1.165, 1.54) is 36.2 Å². The van der Waals surface area contributed by atoms with Gasteiger partial charge in [0.1, 0.15) is 23.8 Å². The Hall–Kier alpha value is -4.62. The van der Waals surface area contributed by atoms with Crippen LogP contribution in [0.5, 0.6) is 0 Å². The van der Waals surface area contributed by atoms with Crippen LogP contribution in [0.2, 0.25) is 0 Å². The zero-order chi connectivity index (χ0) is 28.1. The number of aryl methyl sites for hydroxylation is 1. The number of nitrogens with one attached hydrogen (secondary N) is 1. The summed E-state index contributed by atoms with van der Waals surface area (Å²) in [6.07, 6.45) is -4.06. The fourth-order valence-corrected chi connectivity index (χ4v) is 4.48. The van der Waals surface area contributed by atoms with Gasteiger partial charge in [0.25, 0.3) is 11.8 Å². The normalized spacial score (nSPS) is 17.5. The van der Waals surface area contributed by atoms with Gasteiger partial charge >= 0.3 is 6.18 Å². The van der Waals surface area contributed by atoms with Gasteiger partial charge in [-0.25, -0.2) is 18.3 Å². The third-order valence-electron chi connectivity index (χ3n) is 6.46. The Kier molecular flexibility index (Phi) is 6.40. The van der Waals surface area contributed by atoms with E-state index in [4.69, 9.17) is 5.73 Å². The fraction of sp³-hybridized carbons (Fsp3) is 0.240. The number of nitrogens with zero attached hydrogens (tertiary/aromatic N) is 5. The lowest BCUT2D eigenvalue weighted by Crippen LogP contribution is -2.42. The Bertz CT molecular complexity index is 1590. The lowest BCUT2D eigenvalue weighted by molar-refractivity contribution is -0.136. The van der Waals surface area contributed by atoms with Crippen molar-refractivity contribution < 1.29 is 31.5 Å². The number of halogens is 5. The van der Waals surface area contributed by atoms with Gasteiger partial charge in [0, 0.05) is 23.9 Å². The number of anilines is 1. The van der Waals surface area contributed by atoms with Crippen LogP contribution in [0.4, 0.5) is 27.8 Å². The largest absolute Gasteiger partial charge is 0.418 e. The van der Waals surface area contributed by atoms with Crippen molar-refractivity contribution in [3.63, 3.8) is 0 Å². The van der Waals surface area contributed by atoms with E-state index in [1.807, 2.05) is 0 Å². The van der Waals surface area contributed by atoms with E-state index in [9.17, 15) is 31.5 Å². The summed E-state index contributed by atoms with van der Waals surface area (Å²) >= 11 is 0. The number of aromatic nitrogens is 4. The predicted octanol–water partition coefficient (Wildman–Crippen LogP) is 3.43. The third kappa shape index (κ3) is 4.84. The van der Waals surface area contributed by atoms with E-state index in [2.05, 4.69) is 20.4 Å². The summed E-state index contributed by atoms with van der Waals surface area (Å²) in [6.45, 7) is 1.10. The molecule has 39 heavy (non-hydrogen) atoms. The van der Waals surface area contributed by atoms with Gasteiger partial charge in [-0.1, -0.05) is 0 Å². The summed E-state index contributed by atoms with van der Waals surface area (Å²) in [6, 6.07) is 5.90. The van der Waals surface area contributed by atoms with Crippen LogP contribution in [-0.2, 0) is 6.18 Å². The molecule has 2 amide bonds. The van der Waals surface area contributed by atoms with Crippen LogP contribution in [0.25, 0.3) is 16.8 Å². The van der Waals surface area contributed by atoms with Gasteiger partial charge in [0.2, 0.25) is 0 Å². The summed E-state index contributed by atoms with van der Waals surface area (Å²) in [4.78, 5) is 34.8. The zero-order valence-corrected chi connectivity index (χ0v) is 20.2. The molecular weight excluding hydrogens is 525 g/mol. The first-order valence-corrected chi connectivity index (χ1v) is 11.6. The molecule has 202 valence electrons. The number of rotatable bonds is 4. The second-order valence-corrected chi connectivity index (χ2v) is 9.02. The molecule has 3 aromatic heterocycles. The molecule has 1 aliphatic heterocycles. The number of benzene rings is 1. The van der Waals surface area contributed by atoms with E-state index in [-0.39, 0.29) is 47.0 Å². The number of pyridine rings is 1. The maximum Gasteiger partial charge on any atom is 0.418 e. The summed E-state index contributed by atoms with van der Waals surface area (Å²) in [5.41, 5.74) is 4.71. The smallest absolute Gasteiger partial charge is 0.382 e. The number of fused-ring (bicyclic) bond motifs is 1.